The minimum absolute atomic E-state index is 0.127. The number of fused-ring (bicyclic) bond motifs is 2. The Morgan fingerprint density at radius 3 is 2.45 bits per heavy atom. The Balaban J connectivity index is 2.29. The second kappa shape index (κ2) is 6.29. The topological polar surface area (TPSA) is 135 Å². The Morgan fingerprint density at radius 1 is 1.21 bits per heavy atom. The molecule has 4 rings (SSSR count). The molecule has 0 radical (unpaired) electrons. The van der Waals surface area contributed by atoms with Crippen LogP contribution in [0.3, 0.4) is 0 Å². The van der Waals surface area contributed by atoms with Crippen LogP contribution in [0.4, 0.5) is 20.2 Å². The van der Waals surface area contributed by atoms with Gasteiger partial charge < -0.3 is 25.1 Å². The van der Waals surface area contributed by atoms with Crippen LogP contribution >= 0.6 is 0 Å². The van der Waals surface area contributed by atoms with Crippen LogP contribution in [0.2, 0.25) is 0 Å². The van der Waals surface area contributed by atoms with Gasteiger partial charge in [0.05, 0.1) is 10.9 Å². The summed E-state index contributed by atoms with van der Waals surface area (Å²) < 4.78 is 37.8. The molecule has 3 heterocycles. The molecule has 1 atom stereocenters. The average Bonchev–Trinajstić information content (AvgIpc) is 3.21. The van der Waals surface area contributed by atoms with Crippen LogP contribution in [-0.4, -0.2) is 28.9 Å². The van der Waals surface area contributed by atoms with Crippen LogP contribution in [0.5, 0.6) is 0 Å². The van der Waals surface area contributed by atoms with E-state index >= 15 is 8.78 Å². The van der Waals surface area contributed by atoms with Crippen LogP contribution in [0.25, 0.3) is 22.0 Å². The van der Waals surface area contributed by atoms with Gasteiger partial charge in [-0.1, -0.05) is 0 Å². The monoisotopic (exact) mass is 408 g/mol. The summed E-state index contributed by atoms with van der Waals surface area (Å²) in [7, 11) is 0. The van der Waals surface area contributed by atoms with E-state index in [4.69, 9.17) is 16.1 Å². The van der Waals surface area contributed by atoms with Gasteiger partial charge in [-0.15, -0.1) is 0 Å². The van der Waals surface area contributed by atoms with Crippen molar-refractivity contribution in [1.29, 1.82) is 0 Å². The fraction of sp³-hybridized carbons (Fsp3) is 0.444. The lowest BCUT2D eigenvalue weighted by Crippen LogP contribution is -2.31. The number of aromatic amines is 1. The number of nitrogens with zero attached hydrogens (tertiary/aromatic N) is 2. The predicted molar refractivity (Wildman–Crippen MR) is 106 cm³/mol. The minimum atomic E-state index is -1.01. The smallest absolute Gasteiger partial charge is 0.293 e. The molecule has 1 aromatic carbocycles. The van der Waals surface area contributed by atoms with Crippen LogP contribution in [0.15, 0.2) is 14.1 Å². The molecular weight excluding hydrogens is 386 g/mol. The summed E-state index contributed by atoms with van der Waals surface area (Å²) in [6, 6.07) is -0.228. The molecule has 1 fully saturated rings. The maximum atomic E-state index is 15.9. The zero-order valence-electron chi connectivity index (χ0n) is 16.2. The van der Waals surface area contributed by atoms with Crippen molar-refractivity contribution in [2.24, 2.45) is 11.6 Å². The molecule has 11 heteroatoms. The number of rotatable bonds is 2. The van der Waals surface area contributed by atoms with Gasteiger partial charge in [0, 0.05) is 24.7 Å². The first-order chi connectivity index (χ1) is 13.6. The lowest BCUT2D eigenvalue weighted by molar-refractivity contribution is 0.364. The Labute approximate surface area is 163 Å². The third kappa shape index (κ3) is 2.64. The molecule has 0 bridgehead atoms. The van der Waals surface area contributed by atoms with Gasteiger partial charge >= 0.3 is 0 Å². The highest BCUT2D eigenvalue weighted by molar-refractivity contribution is 6.01. The summed E-state index contributed by atoms with van der Waals surface area (Å²) in [5, 5.41) is 1.41. The number of hydrogen-bond acceptors (Lipinski definition) is 7. The van der Waals surface area contributed by atoms with Crippen molar-refractivity contribution < 1.29 is 13.3 Å². The van der Waals surface area contributed by atoms with E-state index in [9.17, 15) is 9.59 Å². The summed E-state index contributed by atoms with van der Waals surface area (Å²) in [4.78, 5) is 26.7. The Bertz CT molecular complexity index is 1250. The highest BCUT2D eigenvalue weighted by Gasteiger charge is 2.34. The van der Waals surface area contributed by atoms with Gasteiger partial charge in [0.2, 0.25) is 11.1 Å². The predicted octanol–water partition coefficient (Wildman–Crippen LogP) is 1.29. The minimum Gasteiger partial charge on any atom is -0.365 e. The van der Waals surface area contributed by atoms with Crippen LogP contribution < -0.4 is 32.9 Å². The third-order valence-corrected chi connectivity index (χ3v) is 5.25. The van der Waals surface area contributed by atoms with E-state index in [1.54, 1.807) is 20.8 Å². The number of anilines is 2. The van der Waals surface area contributed by atoms with Crippen molar-refractivity contribution in [2.45, 2.75) is 38.8 Å². The largest absolute Gasteiger partial charge is 0.365 e. The van der Waals surface area contributed by atoms with Gasteiger partial charge in [0.1, 0.15) is 11.4 Å². The zero-order chi connectivity index (χ0) is 21.2. The first-order valence-corrected chi connectivity index (χ1v) is 9.16. The van der Waals surface area contributed by atoms with Crippen molar-refractivity contribution in [2.75, 3.05) is 23.4 Å². The molecule has 0 saturated carbocycles. The second-order valence-corrected chi connectivity index (χ2v) is 8.26. The van der Waals surface area contributed by atoms with Gasteiger partial charge in [0.15, 0.2) is 17.0 Å². The van der Waals surface area contributed by atoms with E-state index in [0.29, 0.717) is 13.0 Å². The first kappa shape index (κ1) is 19.4. The molecule has 29 heavy (non-hydrogen) atoms. The van der Waals surface area contributed by atoms with Crippen LogP contribution in [-0.2, 0) is 5.54 Å². The zero-order valence-corrected chi connectivity index (χ0v) is 16.2. The van der Waals surface area contributed by atoms with Crippen LogP contribution in [0.1, 0.15) is 27.2 Å². The number of nitrogen functional groups attached to an aromatic ring is 1. The van der Waals surface area contributed by atoms with Gasteiger partial charge in [-0.3, -0.25) is 15.4 Å². The lowest BCUT2D eigenvalue weighted by atomic mass is 10.0. The molecule has 6 N–H and O–H groups in total. The van der Waals surface area contributed by atoms with Crippen LogP contribution in [0, 0.1) is 11.6 Å². The number of aromatic nitrogens is 2. The van der Waals surface area contributed by atoms with Gasteiger partial charge in [-0.05, 0) is 27.2 Å². The van der Waals surface area contributed by atoms with E-state index in [1.165, 1.54) is 9.47 Å². The number of nitrogens with one attached hydrogen (secondary N) is 2. The molecule has 1 saturated heterocycles. The molecule has 0 amide bonds. The highest BCUT2D eigenvalue weighted by Crippen LogP contribution is 2.39. The number of nitrogens with two attached hydrogens (primary N) is 2. The number of halogens is 2. The molecule has 3 aromatic rings. The van der Waals surface area contributed by atoms with E-state index in [-0.39, 0.29) is 46.0 Å². The SMILES string of the molecule is CC(C)(C)n1c2o[nH]c(=O)c2c(=O)c2c(NN)c(F)c(N3CCC(N)C3)c(F)c21. The molecule has 156 valence electrons. The Hall–Kier alpha value is -2.92. The van der Waals surface area contributed by atoms with E-state index in [2.05, 4.69) is 10.6 Å². The third-order valence-electron chi connectivity index (χ3n) is 5.25. The van der Waals surface area contributed by atoms with Gasteiger partial charge in [0.25, 0.3) is 5.56 Å². The molecule has 1 unspecified atom stereocenters. The van der Waals surface area contributed by atoms with Gasteiger partial charge in [-0.2, -0.15) is 5.16 Å². The molecule has 9 nitrogen and oxygen atoms in total. The fourth-order valence-corrected chi connectivity index (χ4v) is 4.02. The number of benzene rings is 1. The summed E-state index contributed by atoms with van der Waals surface area (Å²) in [5.74, 6) is 3.58. The normalized spacial score (nSPS) is 17.6. The lowest BCUT2D eigenvalue weighted by Gasteiger charge is -2.28. The maximum Gasteiger partial charge on any atom is 0.293 e. The Morgan fingerprint density at radius 2 is 1.90 bits per heavy atom. The highest BCUT2D eigenvalue weighted by atomic mass is 19.1. The first-order valence-electron chi connectivity index (χ1n) is 9.16. The molecular formula is C18H22F2N6O3. The molecule has 1 aliphatic rings. The van der Waals surface area contributed by atoms with E-state index in [0.717, 1.165) is 0 Å². The van der Waals surface area contributed by atoms with Crippen molar-refractivity contribution >= 4 is 33.4 Å². The number of H-pyrrole nitrogens is 1. The van der Waals surface area contributed by atoms with Crippen molar-refractivity contribution in [3.05, 3.63) is 32.2 Å². The molecule has 0 spiro atoms. The average molecular weight is 408 g/mol. The number of hydrogen-bond donors (Lipinski definition) is 4. The molecule has 0 aliphatic carbocycles. The summed E-state index contributed by atoms with van der Waals surface area (Å²) in [5.41, 5.74) is 4.55. The maximum absolute atomic E-state index is 15.9. The van der Waals surface area contributed by atoms with Crippen molar-refractivity contribution in [3.8, 4) is 0 Å². The van der Waals surface area contributed by atoms with Crippen molar-refractivity contribution in [1.82, 2.24) is 9.72 Å². The van der Waals surface area contributed by atoms with E-state index < -0.39 is 28.2 Å². The van der Waals surface area contributed by atoms with Gasteiger partial charge in [-0.25, -0.2) is 8.78 Å². The Kier molecular flexibility index (Phi) is 4.21. The fourth-order valence-electron chi connectivity index (χ4n) is 4.02. The van der Waals surface area contributed by atoms with Crippen molar-refractivity contribution in [3.63, 3.8) is 0 Å². The molecule has 1 aliphatic heterocycles. The summed E-state index contributed by atoms with van der Waals surface area (Å²) in [6.45, 7) is 5.84. The molecule has 2 aromatic heterocycles. The second-order valence-electron chi connectivity index (χ2n) is 8.26. The quantitative estimate of drug-likeness (QED) is 0.371. The summed E-state index contributed by atoms with van der Waals surface area (Å²) in [6.07, 6.45) is 0.570. The number of hydrazine groups is 1. The summed E-state index contributed by atoms with van der Waals surface area (Å²) >= 11 is 0. The number of pyridine rings is 1. The standard InChI is InChI=1S/C18H22F2N6O3/c1-18(2,3)26-13-8(15(27)9-16(28)24-29-17(9)26)12(23-22)10(19)14(11(13)20)25-5-4-7(21)6-25/h7,23H,4-6,21-22H2,1-3H3,(H,24,28). The van der Waals surface area contributed by atoms with E-state index in [1.807, 2.05) is 0 Å².